The lowest BCUT2D eigenvalue weighted by Crippen LogP contribution is -2.37. The molecule has 1 saturated heterocycles. The van der Waals surface area contributed by atoms with Gasteiger partial charge < -0.3 is 9.64 Å². The van der Waals surface area contributed by atoms with Crippen LogP contribution in [0, 0.1) is 0 Å². The molecule has 0 unspecified atom stereocenters. The Kier molecular flexibility index (Phi) is 4.12. The summed E-state index contributed by atoms with van der Waals surface area (Å²) in [5.41, 5.74) is 1.28. The Balaban J connectivity index is 1.77. The van der Waals surface area contributed by atoms with Crippen molar-refractivity contribution in [1.29, 1.82) is 0 Å². The van der Waals surface area contributed by atoms with Gasteiger partial charge in [0.1, 0.15) is 0 Å². The molecule has 0 saturated carbocycles. The van der Waals surface area contributed by atoms with Crippen molar-refractivity contribution in [1.82, 2.24) is 20.0 Å². The third-order valence-corrected chi connectivity index (χ3v) is 3.43. The van der Waals surface area contributed by atoms with Gasteiger partial charge in [0.2, 0.25) is 0 Å². The van der Waals surface area contributed by atoms with Crippen molar-refractivity contribution in [3.05, 3.63) is 45.6 Å². The van der Waals surface area contributed by atoms with Gasteiger partial charge in [-0.25, -0.2) is 4.68 Å². The van der Waals surface area contributed by atoms with Crippen LogP contribution in [0.2, 0.25) is 5.15 Å². The first-order valence-electron chi connectivity index (χ1n) is 6.60. The number of morpholine rings is 1. The topological polar surface area (TPSA) is 73.1 Å². The summed E-state index contributed by atoms with van der Waals surface area (Å²) in [4.78, 5) is 14.2. The molecule has 21 heavy (non-hydrogen) atoms. The maximum absolute atomic E-state index is 12.1. The number of hydrogen-bond acceptors (Lipinski definition) is 6. The maximum Gasteiger partial charge on any atom is 0.269 e. The third-order valence-electron chi connectivity index (χ3n) is 3.23. The second-order valence-electron chi connectivity index (χ2n) is 4.66. The molecule has 1 aliphatic rings. The van der Waals surface area contributed by atoms with E-state index in [4.69, 9.17) is 16.3 Å². The molecular weight excluding hydrogens is 294 g/mol. The van der Waals surface area contributed by atoms with Crippen molar-refractivity contribution in [3.8, 4) is 0 Å². The number of hydrogen-bond donors (Lipinski definition) is 0. The van der Waals surface area contributed by atoms with Crippen LogP contribution in [0.15, 0.2) is 29.2 Å². The first-order chi connectivity index (χ1) is 10.2. The van der Waals surface area contributed by atoms with E-state index in [-0.39, 0.29) is 12.1 Å². The molecule has 0 amide bonds. The molecule has 0 atom stereocenters. The van der Waals surface area contributed by atoms with Gasteiger partial charge in [0, 0.05) is 19.2 Å². The minimum atomic E-state index is -0.171. The Bertz CT molecular complexity index is 667. The zero-order valence-electron chi connectivity index (χ0n) is 11.3. The zero-order valence-corrected chi connectivity index (χ0v) is 12.0. The number of nitrogens with zero attached hydrogens (tertiary/aromatic N) is 5. The molecule has 7 nitrogen and oxygen atoms in total. The molecule has 0 aromatic carbocycles. The number of aromatic nitrogens is 4. The van der Waals surface area contributed by atoms with E-state index >= 15 is 0 Å². The highest BCUT2D eigenvalue weighted by molar-refractivity contribution is 6.29. The number of anilines is 1. The van der Waals surface area contributed by atoms with Crippen LogP contribution in [0.25, 0.3) is 0 Å². The lowest BCUT2D eigenvalue weighted by molar-refractivity contribution is 0.122. The number of ether oxygens (including phenoxy) is 1. The average Bonchev–Trinajstić information content (AvgIpc) is 2.52. The van der Waals surface area contributed by atoms with Crippen molar-refractivity contribution < 1.29 is 4.74 Å². The fraction of sp³-hybridized carbons (Fsp3) is 0.385. The van der Waals surface area contributed by atoms with E-state index < -0.39 is 0 Å². The first kappa shape index (κ1) is 14.0. The molecular formula is C13H14ClN5O2. The standard InChI is InChI=1S/C13H14ClN5O2/c14-12-2-1-10(16-17-12)9-19-13(20)7-11(8-15-19)18-3-5-21-6-4-18/h1-2,7-8H,3-6,9H2. The summed E-state index contributed by atoms with van der Waals surface area (Å²) >= 11 is 5.68. The van der Waals surface area contributed by atoms with Crippen molar-refractivity contribution in [2.45, 2.75) is 6.54 Å². The van der Waals surface area contributed by atoms with Crippen LogP contribution < -0.4 is 10.5 Å². The fourth-order valence-electron chi connectivity index (χ4n) is 2.12. The quantitative estimate of drug-likeness (QED) is 0.825. The third kappa shape index (κ3) is 3.37. The second-order valence-corrected chi connectivity index (χ2v) is 5.04. The highest BCUT2D eigenvalue weighted by atomic mass is 35.5. The SMILES string of the molecule is O=c1cc(N2CCOCC2)cnn1Cc1ccc(Cl)nn1. The maximum atomic E-state index is 12.1. The van der Waals surface area contributed by atoms with E-state index in [9.17, 15) is 4.79 Å². The molecule has 0 radical (unpaired) electrons. The number of halogens is 1. The molecule has 0 N–H and O–H groups in total. The molecule has 0 spiro atoms. The molecule has 2 aromatic rings. The molecule has 8 heteroatoms. The molecule has 3 rings (SSSR count). The molecule has 1 fully saturated rings. The van der Waals surface area contributed by atoms with Gasteiger partial charge in [0.05, 0.1) is 37.3 Å². The van der Waals surface area contributed by atoms with E-state index in [1.54, 1.807) is 24.4 Å². The monoisotopic (exact) mass is 307 g/mol. The summed E-state index contributed by atoms with van der Waals surface area (Å²) in [6.45, 7) is 3.15. The van der Waals surface area contributed by atoms with Crippen LogP contribution in [0.1, 0.15) is 5.69 Å². The van der Waals surface area contributed by atoms with Gasteiger partial charge >= 0.3 is 0 Å². The zero-order chi connectivity index (χ0) is 14.7. The van der Waals surface area contributed by atoms with Gasteiger partial charge in [-0.2, -0.15) is 10.2 Å². The smallest absolute Gasteiger partial charge is 0.269 e. The Labute approximate surface area is 126 Å². The van der Waals surface area contributed by atoms with Crippen molar-refractivity contribution in [2.24, 2.45) is 0 Å². The summed E-state index contributed by atoms with van der Waals surface area (Å²) in [5.74, 6) is 0. The number of rotatable bonds is 3. The normalized spacial score (nSPS) is 15.2. The van der Waals surface area contributed by atoms with Gasteiger partial charge in [0.15, 0.2) is 5.15 Å². The van der Waals surface area contributed by atoms with Gasteiger partial charge in [0.25, 0.3) is 5.56 Å². The highest BCUT2D eigenvalue weighted by Gasteiger charge is 2.13. The van der Waals surface area contributed by atoms with E-state index in [0.29, 0.717) is 24.1 Å². The molecule has 3 heterocycles. The van der Waals surface area contributed by atoms with Gasteiger partial charge in [-0.3, -0.25) is 4.79 Å². The van der Waals surface area contributed by atoms with Gasteiger partial charge in [-0.1, -0.05) is 11.6 Å². The molecule has 0 aliphatic carbocycles. The lowest BCUT2D eigenvalue weighted by atomic mass is 10.3. The lowest BCUT2D eigenvalue weighted by Gasteiger charge is -2.28. The van der Waals surface area contributed by atoms with Crippen LogP contribution in [0.3, 0.4) is 0 Å². The van der Waals surface area contributed by atoms with Crippen LogP contribution in [-0.4, -0.2) is 46.3 Å². The van der Waals surface area contributed by atoms with Crippen molar-refractivity contribution in [3.63, 3.8) is 0 Å². The fourth-order valence-corrected chi connectivity index (χ4v) is 2.22. The predicted octanol–water partition coefficient (Wildman–Crippen LogP) is 0.572. The van der Waals surface area contributed by atoms with E-state index in [1.807, 2.05) is 0 Å². The van der Waals surface area contributed by atoms with E-state index in [2.05, 4.69) is 20.2 Å². The molecule has 2 aromatic heterocycles. The van der Waals surface area contributed by atoms with E-state index in [1.165, 1.54) is 4.68 Å². The highest BCUT2D eigenvalue weighted by Crippen LogP contribution is 2.11. The minimum absolute atomic E-state index is 0.171. The average molecular weight is 308 g/mol. The Morgan fingerprint density at radius 2 is 2.05 bits per heavy atom. The van der Waals surface area contributed by atoms with Crippen LogP contribution in [-0.2, 0) is 11.3 Å². The Morgan fingerprint density at radius 1 is 1.24 bits per heavy atom. The predicted molar refractivity (Wildman–Crippen MR) is 77.7 cm³/mol. The van der Waals surface area contributed by atoms with Crippen LogP contribution in [0.5, 0.6) is 0 Å². The Morgan fingerprint density at radius 3 is 2.71 bits per heavy atom. The summed E-state index contributed by atoms with van der Waals surface area (Å²) in [6.07, 6.45) is 1.69. The largest absolute Gasteiger partial charge is 0.378 e. The van der Waals surface area contributed by atoms with Crippen LogP contribution in [0.4, 0.5) is 5.69 Å². The second kappa shape index (κ2) is 6.19. The summed E-state index contributed by atoms with van der Waals surface area (Å²) < 4.78 is 6.64. The summed E-state index contributed by atoms with van der Waals surface area (Å²) in [5, 5.41) is 12.2. The first-order valence-corrected chi connectivity index (χ1v) is 6.98. The van der Waals surface area contributed by atoms with Crippen molar-refractivity contribution in [2.75, 3.05) is 31.2 Å². The minimum Gasteiger partial charge on any atom is -0.378 e. The molecule has 0 bridgehead atoms. The van der Waals surface area contributed by atoms with Crippen LogP contribution >= 0.6 is 11.6 Å². The molecule has 110 valence electrons. The van der Waals surface area contributed by atoms with Gasteiger partial charge in [-0.05, 0) is 12.1 Å². The summed E-state index contributed by atoms with van der Waals surface area (Å²) in [6, 6.07) is 4.94. The summed E-state index contributed by atoms with van der Waals surface area (Å²) in [7, 11) is 0. The van der Waals surface area contributed by atoms with E-state index in [0.717, 1.165) is 18.8 Å². The molecule has 1 aliphatic heterocycles. The Hall–Kier alpha value is -1.99. The van der Waals surface area contributed by atoms with Gasteiger partial charge in [-0.15, -0.1) is 5.10 Å². The van der Waals surface area contributed by atoms with Crippen molar-refractivity contribution >= 4 is 17.3 Å².